The molecule has 0 spiro atoms. The SMILES string of the molecule is COc1nccnc1C(O)c1nc2ccccc2cc1Br. The van der Waals surface area contributed by atoms with E-state index in [0.29, 0.717) is 15.9 Å². The summed E-state index contributed by atoms with van der Waals surface area (Å²) in [5.74, 6) is 0.284. The lowest BCUT2D eigenvalue weighted by molar-refractivity contribution is 0.202. The average molecular weight is 346 g/mol. The number of benzene rings is 1. The summed E-state index contributed by atoms with van der Waals surface area (Å²) in [7, 11) is 1.49. The third-order valence-electron chi connectivity index (χ3n) is 3.11. The lowest BCUT2D eigenvalue weighted by Crippen LogP contribution is -2.08. The molecule has 0 aliphatic heterocycles. The lowest BCUT2D eigenvalue weighted by Gasteiger charge is -2.14. The summed E-state index contributed by atoms with van der Waals surface area (Å²) >= 11 is 3.45. The summed E-state index contributed by atoms with van der Waals surface area (Å²) in [4.78, 5) is 12.7. The van der Waals surface area contributed by atoms with Crippen molar-refractivity contribution in [2.45, 2.75) is 6.10 Å². The Balaban J connectivity index is 2.13. The van der Waals surface area contributed by atoms with Crippen LogP contribution < -0.4 is 4.74 Å². The number of aromatic nitrogens is 3. The van der Waals surface area contributed by atoms with E-state index < -0.39 is 6.10 Å². The predicted molar refractivity (Wildman–Crippen MR) is 82.1 cm³/mol. The van der Waals surface area contributed by atoms with Gasteiger partial charge in [0.05, 0.1) is 18.3 Å². The minimum atomic E-state index is -1.02. The maximum Gasteiger partial charge on any atom is 0.238 e. The maximum absolute atomic E-state index is 10.6. The molecule has 1 unspecified atom stereocenters. The first-order valence-electron chi connectivity index (χ1n) is 6.29. The van der Waals surface area contributed by atoms with Gasteiger partial charge >= 0.3 is 0 Å². The molecule has 0 fully saturated rings. The van der Waals surface area contributed by atoms with E-state index in [9.17, 15) is 5.11 Å². The van der Waals surface area contributed by atoms with Crippen LogP contribution in [0.25, 0.3) is 10.9 Å². The fourth-order valence-electron chi connectivity index (χ4n) is 2.11. The molecular formula is C15H12BrN3O2. The highest BCUT2D eigenvalue weighted by Crippen LogP contribution is 2.31. The second-order valence-electron chi connectivity index (χ2n) is 4.40. The first kappa shape index (κ1) is 13.9. The molecule has 5 nitrogen and oxygen atoms in total. The van der Waals surface area contributed by atoms with Crippen molar-refractivity contribution in [3.63, 3.8) is 0 Å². The summed E-state index contributed by atoms with van der Waals surface area (Å²) in [6, 6.07) is 9.63. The maximum atomic E-state index is 10.6. The topological polar surface area (TPSA) is 68.1 Å². The molecule has 6 heteroatoms. The molecule has 1 aromatic carbocycles. The van der Waals surface area contributed by atoms with E-state index in [1.54, 1.807) is 0 Å². The van der Waals surface area contributed by atoms with Crippen molar-refractivity contribution >= 4 is 26.8 Å². The number of para-hydroxylation sites is 1. The van der Waals surface area contributed by atoms with E-state index >= 15 is 0 Å². The van der Waals surface area contributed by atoms with Gasteiger partial charge in [-0.3, -0.25) is 4.98 Å². The Bertz CT molecular complexity index is 795. The molecule has 0 aliphatic rings. The second-order valence-corrected chi connectivity index (χ2v) is 5.26. The molecule has 0 radical (unpaired) electrons. The Morgan fingerprint density at radius 2 is 1.90 bits per heavy atom. The van der Waals surface area contributed by atoms with Gasteiger partial charge in [-0.25, -0.2) is 9.97 Å². The second kappa shape index (κ2) is 5.75. The van der Waals surface area contributed by atoms with Gasteiger partial charge in [0, 0.05) is 22.3 Å². The number of hydrogen-bond acceptors (Lipinski definition) is 5. The highest BCUT2D eigenvalue weighted by molar-refractivity contribution is 9.10. The number of aliphatic hydroxyl groups excluding tert-OH is 1. The Morgan fingerprint density at radius 1 is 1.14 bits per heavy atom. The molecule has 1 N–H and O–H groups in total. The van der Waals surface area contributed by atoms with Crippen LogP contribution >= 0.6 is 15.9 Å². The smallest absolute Gasteiger partial charge is 0.238 e. The standard InChI is InChI=1S/C15H12BrN3O2/c1-21-15-13(17-6-7-18-15)14(20)12-10(16)8-9-4-2-3-5-11(9)19-12/h2-8,14,20H,1H3. The van der Waals surface area contributed by atoms with Crippen LogP contribution in [0.1, 0.15) is 17.5 Å². The van der Waals surface area contributed by atoms with Crippen LogP contribution in [0.15, 0.2) is 47.2 Å². The van der Waals surface area contributed by atoms with Crippen molar-refractivity contribution in [2.24, 2.45) is 0 Å². The molecule has 0 aliphatic carbocycles. The van der Waals surface area contributed by atoms with E-state index in [2.05, 4.69) is 30.9 Å². The minimum absolute atomic E-state index is 0.284. The quantitative estimate of drug-likeness (QED) is 0.790. The number of fused-ring (bicyclic) bond motifs is 1. The molecule has 3 rings (SSSR count). The number of aliphatic hydroxyl groups is 1. The summed E-state index contributed by atoms with van der Waals surface area (Å²) in [5.41, 5.74) is 1.62. The molecule has 2 heterocycles. The summed E-state index contributed by atoms with van der Waals surface area (Å²) < 4.78 is 5.85. The van der Waals surface area contributed by atoms with Gasteiger partial charge in [0.25, 0.3) is 0 Å². The molecule has 0 saturated carbocycles. The third kappa shape index (κ3) is 2.59. The first-order valence-corrected chi connectivity index (χ1v) is 7.08. The number of ether oxygens (including phenoxy) is 1. The van der Waals surface area contributed by atoms with Crippen molar-refractivity contribution in [2.75, 3.05) is 7.11 Å². The van der Waals surface area contributed by atoms with Crippen LogP contribution in [0.5, 0.6) is 5.88 Å². The summed E-state index contributed by atoms with van der Waals surface area (Å²) in [6.07, 6.45) is 2.00. The van der Waals surface area contributed by atoms with Crippen LogP contribution in [-0.4, -0.2) is 27.2 Å². The van der Waals surface area contributed by atoms with Gasteiger partial charge in [0.2, 0.25) is 5.88 Å². The third-order valence-corrected chi connectivity index (χ3v) is 3.74. The number of rotatable bonds is 3. The van der Waals surface area contributed by atoms with E-state index in [4.69, 9.17) is 4.74 Å². The highest BCUT2D eigenvalue weighted by Gasteiger charge is 2.22. The number of nitrogens with zero attached hydrogens (tertiary/aromatic N) is 3. The zero-order valence-corrected chi connectivity index (χ0v) is 12.8. The molecule has 0 saturated heterocycles. The van der Waals surface area contributed by atoms with Crippen LogP contribution in [-0.2, 0) is 0 Å². The zero-order chi connectivity index (χ0) is 14.8. The van der Waals surface area contributed by atoms with Crippen LogP contribution in [0, 0.1) is 0 Å². The van der Waals surface area contributed by atoms with Crippen LogP contribution in [0.4, 0.5) is 0 Å². The molecule has 1 atom stereocenters. The minimum Gasteiger partial charge on any atom is -0.480 e. The number of hydrogen-bond donors (Lipinski definition) is 1. The fourth-order valence-corrected chi connectivity index (χ4v) is 2.66. The molecule has 0 amide bonds. The number of methoxy groups -OCH3 is 1. The van der Waals surface area contributed by atoms with Crippen molar-refractivity contribution in [1.82, 2.24) is 15.0 Å². The molecule has 3 aromatic rings. The Kier molecular flexibility index (Phi) is 3.81. The molecule has 0 bridgehead atoms. The Hall–Kier alpha value is -2.05. The van der Waals surface area contributed by atoms with E-state index in [-0.39, 0.29) is 5.88 Å². The first-order chi connectivity index (χ1) is 10.2. The molecule has 21 heavy (non-hydrogen) atoms. The van der Waals surface area contributed by atoms with Crippen LogP contribution in [0.2, 0.25) is 0 Å². The van der Waals surface area contributed by atoms with Crippen molar-refractivity contribution in [3.05, 3.63) is 58.6 Å². The predicted octanol–water partition coefficient (Wildman–Crippen LogP) is 2.88. The fraction of sp³-hybridized carbons (Fsp3) is 0.133. The zero-order valence-electron chi connectivity index (χ0n) is 11.2. The van der Waals surface area contributed by atoms with Gasteiger partial charge in [0.1, 0.15) is 11.8 Å². The van der Waals surface area contributed by atoms with Gasteiger partial charge in [-0.2, -0.15) is 0 Å². The van der Waals surface area contributed by atoms with Crippen molar-refractivity contribution < 1.29 is 9.84 Å². The Morgan fingerprint density at radius 3 is 2.71 bits per heavy atom. The van der Waals surface area contributed by atoms with E-state index in [1.807, 2.05) is 30.3 Å². The molecule has 2 aromatic heterocycles. The normalized spacial score (nSPS) is 12.3. The van der Waals surface area contributed by atoms with Gasteiger partial charge in [-0.15, -0.1) is 0 Å². The van der Waals surface area contributed by atoms with Crippen LogP contribution in [0.3, 0.4) is 0 Å². The van der Waals surface area contributed by atoms with Gasteiger partial charge in [-0.05, 0) is 28.1 Å². The lowest BCUT2D eigenvalue weighted by atomic mass is 10.1. The van der Waals surface area contributed by atoms with Crippen molar-refractivity contribution in [1.29, 1.82) is 0 Å². The van der Waals surface area contributed by atoms with Gasteiger partial charge in [-0.1, -0.05) is 18.2 Å². The Labute approximate surface area is 129 Å². The molecular weight excluding hydrogens is 334 g/mol. The van der Waals surface area contributed by atoms with E-state index in [0.717, 1.165) is 10.9 Å². The van der Waals surface area contributed by atoms with Crippen molar-refractivity contribution in [3.8, 4) is 5.88 Å². The summed E-state index contributed by atoms with van der Waals surface area (Å²) in [6.45, 7) is 0. The summed E-state index contributed by atoms with van der Waals surface area (Å²) in [5, 5.41) is 11.6. The highest BCUT2D eigenvalue weighted by atomic mass is 79.9. The molecule has 106 valence electrons. The average Bonchev–Trinajstić information content (AvgIpc) is 2.53. The largest absolute Gasteiger partial charge is 0.480 e. The van der Waals surface area contributed by atoms with Gasteiger partial charge in [0.15, 0.2) is 0 Å². The van der Waals surface area contributed by atoms with E-state index in [1.165, 1.54) is 19.5 Å². The number of halogens is 1. The van der Waals surface area contributed by atoms with Gasteiger partial charge < -0.3 is 9.84 Å². The number of pyridine rings is 1. The monoisotopic (exact) mass is 345 g/mol.